The molecule has 3 rings (SSSR count). The highest BCUT2D eigenvalue weighted by molar-refractivity contribution is 7.90. The van der Waals surface area contributed by atoms with Gasteiger partial charge >= 0.3 is 0 Å². The average molecular weight is 375 g/mol. The van der Waals surface area contributed by atoms with Gasteiger partial charge in [0.05, 0.1) is 23.8 Å². The molecular weight excluding hydrogens is 358 g/mol. The molecule has 2 aromatic rings. The highest BCUT2D eigenvalue weighted by Gasteiger charge is 2.17. The smallest absolute Gasteiger partial charge is 0.216 e. The van der Waals surface area contributed by atoms with Crippen molar-refractivity contribution in [1.82, 2.24) is 20.6 Å². The number of nitrogens with zero attached hydrogens (tertiary/aromatic N) is 5. The minimum atomic E-state index is -3.46. The Morgan fingerprint density at radius 3 is 2.81 bits per heavy atom. The first kappa shape index (κ1) is 17.8. The molecule has 1 aromatic heterocycles. The van der Waals surface area contributed by atoms with E-state index in [1.807, 2.05) is 6.07 Å². The first-order chi connectivity index (χ1) is 12.5. The Kier molecular flexibility index (Phi) is 5.15. The lowest BCUT2D eigenvalue weighted by atomic mass is 10.2. The third kappa shape index (κ3) is 3.98. The quantitative estimate of drug-likeness (QED) is 0.712. The minimum absolute atomic E-state index is 0.116. The summed E-state index contributed by atoms with van der Waals surface area (Å²) in [5.41, 5.74) is 1.36. The van der Waals surface area contributed by atoms with Crippen molar-refractivity contribution < 1.29 is 13.2 Å². The number of anilines is 2. The summed E-state index contributed by atoms with van der Waals surface area (Å²) >= 11 is 0. The van der Waals surface area contributed by atoms with E-state index in [2.05, 4.69) is 30.8 Å². The van der Waals surface area contributed by atoms with Crippen LogP contribution in [0, 0.1) is 11.3 Å². The third-order valence-corrected chi connectivity index (χ3v) is 4.97. The SMILES string of the molecule is CS(=O)(=O)c1ccc(N2CCOCC2)cc1NC=C(C#N)c1nn[nH]n1. The number of ether oxygens (including phenoxy) is 1. The number of aromatic nitrogens is 4. The molecule has 1 aromatic carbocycles. The molecule has 10 nitrogen and oxygen atoms in total. The van der Waals surface area contributed by atoms with Crippen LogP contribution in [-0.2, 0) is 14.6 Å². The number of sulfone groups is 1. The molecule has 0 saturated carbocycles. The highest BCUT2D eigenvalue weighted by Crippen LogP contribution is 2.28. The lowest BCUT2D eigenvalue weighted by molar-refractivity contribution is 0.122. The van der Waals surface area contributed by atoms with Crippen LogP contribution in [0.3, 0.4) is 0 Å². The van der Waals surface area contributed by atoms with Crippen molar-refractivity contribution in [1.29, 1.82) is 5.26 Å². The second-order valence-corrected chi connectivity index (χ2v) is 7.59. The number of aromatic amines is 1. The molecule has 0 atom stereocenters. The Morgan fingerprint density at radius 2 is 2.19 bits per heavy atom. The monoisotopic (exact) mass is 375 g/mol. The highest BCUT2D eigenvalue weighted by atomic mass is 32.2. The van der Waals surface area contributed by atoms with E-state index in [-0.39, 0.29) is 16.3 Å². The number of hydrogen-bond acceptors (Lipinski definition) is 9. The number of nitrogens with one attached hydrogen (secondary N) is 2. The summed E-state index contributed by atoms with van der Waals surface area (Å²) in [6.45, 7) is 2.68. The maximum atomic E-state index is 12.1. The van der Waals surface area contributed by atoms with Crippen molar-refractivity contribution in [3.8, 4) is 6.07 Å². The fraction of sp³-hybridized carbons (Fsp3) is 0.333. The van der Waals surface area contributed by atoms with Crippen LogP contribution >= 0.6 is 0 Å². The van der Waals surface area contributed by atoms with Crippen molar-refractivity contribution in [2.45, 2.75) is 4.90 Å². The van der Waals surface area contributed by atoms with Gasteiger partial charge in [0.15, 0.2) is 9.84 Å². The molecule has 26 heavy (non-hydrogen) atoms. The van der Waals surface area contributed by atoms with E-state index < -0.39 is 9.84 Å². The van der Waals surface area contributed by atoms with Gasteiger partial charge in [-0.15, -0.1) is 10.2 Å². The maximum Gasteiger partial charge on any atom is 0.216 e. The Morgan fingerprint density at radius 1 is 1.42 bits per heavy atom. The zero-order valence-corrected chi connectivity index (χ0v) is 14.8. The summed E-state index contributed by atoms with van der Waals surface area (Å²) in [7, 11) is -3.46. The van der Waals surface area contributed by atoms with Gasteiger partial charge in [-0.05, 0) is 23.4 Å². The largest absolute Gasteiger partial charge is 0.378 e. The van der Waals surface area contributed by atoms with Gasteiger partial charge in [0.1, 0.15) is 11.6 Å². The number of allylic oxidation sites excluding steroid dienone is 1. The van der Waals surface area contributed by atoms with Crippen LogP contribution in [-0.4, -0.2) is 61.6 Å². The number of hydrogen-bond donors (Lipinski definition) is 2. The van der Waals surface area contributed by atoms with Gasteiger partial charge in [-0.1, -0.05) is 0 Å². The van der Waals surface area contributed by atoms with Gasteiger partial charge in [0.25, 0.3) is 0 Å². The predicted octanol–water partition coefficient (Wildman–Crippen LogP) is 0.416. The van der Waals surface area contributed by atoms with E-state index in [9.17, 15) is 13.7 Å². The number of H-pyrrole nitrogens is 1. The molecule has 1 fully saturated rings. The lowest BCUT2D eigenvalue weighted by Gasteiger charge is -2.29. The number of nitriles is 1. The summed E-state index contributed by atoms with van der Waals surface area (Å²) in [6.07, 6.45) is 2.49. The average Bonchev–Trinajstić information content (AvgIpc) is 3.16. The van der Waals surface area contributed by atoms with Crippen molar-refractivity contribution in [3.63, 3.8) is 0 Å². The molecule has 0 aliphatic carbocycles. The van der Waals surface area contributed by atoms with E-state index >= 15 is 0 Å². The molecule has 0 radical (unpaired) electrons. The van der Waals surface area contributed by atoms with Crippen molar-refractivity contribution in [2.24, 2.45) is 0 Å². The summed E-state index contributed by atoms with van der Waals surface area (Å²) in [4.78, 5) is 2.24. The molecular formula is C15H17N7O3S. The molecule has 0 amide bonds. The maximum absolute atomic E-state index is 12.1. The summed E-state index contributed by atoms with van der Waals surface area (Å²) in [5, 5.41) is 25.3. The standard InChI is InChI=1S/C15H17N7O3S/c1-26(23,24)14-3-2-12(22-4-6-25-7-5-22)8-13(14)17-10-11(9-16)15-18-20-21-19-15/h2-3,8,10,17H,4-7H2,1H3,(H,18,19,20,21). The summed E-state index contributed by atoms with van der Waals surface area (Å²) < 4.78 is 29.5. The van der Waals surface area contributed by atoms with Gasteiger partial charge < -0.3 is 15.0 Å². The summed E-state index contributed by atoms with van der Waals surface area (Å²) in [6, 6.07) is 7.00. The fourth-order valence-corrected chi connectivity index (χ4v) is 3.38. The Labute approximate surface area is 150 Å². The van der Waals surface area contributed by atoms with E-state index in [0.29, 0.717) is 18.9 Å². The molecule has 11 heteroatoms. The van der Waals surface area contributed by atoms with E-state index in [1.54, 1.807) is 18.2 Å². The normalized spacial score (nSPS) is 15.5. The first-order valence-corrected chi connectivity index (χ1v) is 9.65. The molecule has 1 aliphatic heterocycles. The zero-order valence-electron chi connectivity index (χ0n) is 14.0. The number of morpholine rings is 1. The van der Waals surface area contributed by atoms with Crippen LogP contribution in [0.2, 0.25) is 0 Å². The van der Waals surface area contributed by atoms with Crippen molar-refractivity contribution >= 4 is 26.8 Å². The van der Waals surface area contributed by atoms with Gasteiger partial charge in [-0.3, -0.25) is 0 Å². The molecule has 0 spiro atoms. The fourth-order valence-electron chi connectivity index (χ4n) is 2.54. The van der Waals surface area contributed by atoms with Crippen molar-refractivity contribution in [3.05, 3.63) is 30.2 Å². The molecule has 0 bridgehead atoms. The lowest BCUT2D eigenvalue weighted by Crippen LogP contribution is -2.36. The molecule has 2 N–H and O–H groups in total. The Balaban J connectivity index is 1.96. The first-order valence-electron chi connectivity index (χ1n) is 7.76. The predicted molar refractivity (Wildman–Crippen MR) is 94.0 cm³/mol. The topological polar surface area (TPSA) is 137 Å². The zero-order chi connectivity index (χ0) is 18.6. The minimum Gasteiger partial charge on any atom is -0.378 e. The Hall–Kier alpha value is -2.97. The van der Waals surface area contributed by atoms with E-state index in [4.69, 9.17) is 4.74 Å². The van der Waals surface area contributed by atoms with Crippen LogP contribution in [0.15, 0.2) is 29.3 Å². The number of tetrazole rings is 1. The molecule has 136 valence electrons. The second-order valence-electron chi connectivity index (χ2n) is 5.60. The summed E-state index contributed by atoms with van der Waals surface area (Å²) in [5.74, 6) is 0.116. The number of rotatable bonds is 5. The van der Waals surface area contributed by atoms with Gasteiger partial charge in [0.2, 0.25) is 5.82 Å². The second kappa shape index (κ2) is 7.51. The van der Waals surface area contributed by atoms with E-state index in [1.165, 1.54) is 6.20 Å². The third-order valence-electron chi connectivity index (χ3n) is 3.82. The number of benzene rings is 1. The van der Waals surface area contributed by atoms with Crippen LogP contribution in [0.1, 0.15) is 5.82 Å². The van der Waals surface area contributed by atoms with Crippen molar-refractivity contribution in [2.75, 3.05) is 42.8 Å². The van der Waals surface area contributed by atoms with Crippen LogP contribution in [0.25, 0.3) is 5.57 Å². The molecule has 1 aliphatic rings. The van der Waals surface area contributed by atoms with Crippen LogP contribution < -0.4 is 10.2 Å². The molecule has 2 heterocycles. The molecule has 1 saturated heterocycles. The van der Waals surface area contributed by atoms with Gasteiger partial charge in [-0.2, -0.15) is 10.5 Å². The van der Waals surface area contributed by atoms with Gasteiger partial charge in [0, 0.05) is 31.2 Å². The van der Waals surface area contributed by atoms with Gasteiger partial charge in [-0.25, -0.2) is 8.42 Å². The Bertz CT molecular complexity index is 942. The van der Waals surface area contributed by atoms with Crippen LogP contribution in [0.4, 0.5) is 11.4 Å². The molecule has 0 unspecified atom stereocenters. The van der Waals surface area contributed by atoms with Crippen LogP contribution in [0.5, 0.6) is 0 Å². The van der Waals surface area contributed by atoms with E-state index in [0.717, 1.165) is 25.0 Å².